The van der Waals surface area contributed by atoms with Crippen LogP contribution in [-0.2, 0) is 17.9 Å². The van der Waals surface area contributed by atoms with Gasteiger partial charge in [-0.05, 0) is 67.2 Å². The highest BCUT2D eigenvalue weighted by atomic mass is 35.5. The van der Waals surface area contributed by atoms with Gasteiger partial charge < -0.3 is 9.88 Å². The molecule has 1 N–H and O–H groups in total. The van der Waals surface area contributed by atoms with Gasteiger partial charge in [-0.3, -0.25) is 9.69 Å². The summed E-state index contributed by atoms with van der Waals surface area (Å²) in [6, 6.07) is 30.5. The Kier molecular flexibility index (Phi) is 6.64. The second-order valence-electron chi connectivity index (χ2n) is 9.80. The van der Waals surface area contributed by atoms with Crippen molar-refractivity contribution in [3.63, 3.8) is 0 Å². The molecule has 1 aliphatic rings. The zero-order valence-electron chi connectivity index (χ0n) is 20.6. The number of carbonyl (C=O) groups excluding carboxylic acids is 1. The number of likely N-dealkylation sites (tertiary alicyclic amines) is 1. The lowest BCUT2D eigenvalue weighted by atomic mass is 9.95. The van der Waals surface area contributed by atoms with E-state index in [1.165, 1.54) is 5.56 Å². The maximum atomic E-state index is 13.1. The number of amides is 1. The van der Waals surface area contributed by atoms with Crippen molar-refractivity contribution >= 4 is 45.0 Å². The standard InChI is InChI=1S/C31H29ClN4O/c32-25-14-12-22(13-15-25)20-36-29-11-4-3-9-28(29)33-30(36)21-35-18-16-24(17-19-35)31(37)34-27-10-5-7-23-6-1-2-8-26(23)27/h1-15,24H,16-21H2,(H,34,37). The topological polar surface area (TPSA) is 50.2 Å². The third-order valence-corrected chi connectivity index (χ3v) is 7.61. The zero-order chi connectivity index (χ0) is 25.2. The lowest BCUT2D eigenvalue weighted by Gasteiger charge is -2.31. The van der Waals surface area contributed by atoms with Crippen LogP contribution >= 0.6 is 11.6 Å². The first-order valence-corrected chi connectivity index (χ1v) is 13.2. The number of hydrogen-bond donors (Lipinski definition) is 1. The number of imidazole rings is 1. The molecule has 0 saturated carbocycles. The van der Waals surface area contributed by atoms with Crippen LogP contribution in [0, 0.1) is 5.92 Å². The van der Waals surface area contributed by atoms with E-state index < -0.39 is 0 Å². The van der Waals surface area contributed by atoms with Crippen LogP contribution in [-0.4, -0.2) is 33.4 Å². The molecule has 0 spiro atoms. The van der Waals surface area contributed by atoms with Crippen LogP contribution in [0.5, 0.6) is 0 Å². The molecule has 1 amide bonds. The van der Waals surface area contributed by atoms with E-state index in [9.17, 15) is 4.79 Å². The lowest BCUT2D eigenvalue weighted by molar-refractivity contribution is -0.121. The maximum absolute atomic E-state index is 13.1. The third-order valence-electron chi connectivity index (χ3n) is 7.36. The van der Waals surface area contributed by atoms with Gasteiger partial charge in [0.15, 0.2) is 0 Å². The summed E-state index contributed by atoms with van der Waals surface area (Å²) in [5.74, 6) is 1.18. The van der Waals surface area contributed by atoms with Gasteiger partial charge in [0, 0.05) is 28.6 Å². The molecule has 0 unspecified atom stereocenters. The molecule has 2 heterocycles. The van der Waals surface area contributed by atoms with Crippen molar-refractivity contribution in [3.8, 4) is 0 Å². The first-order valence-electron chi connectivity index (χ1n) is 12.8. The molecule has 5 aromatic rings. The molecule has 186 valence electrons. The first kappa shape index (κ1) is 23.7. The molecule has 4 aromatic carbocycles. The Morgan fingerprint density at radius 2 is 1.59 bits per heavy atom. The SMILES string of the molecule is O=C(Nc1cccc2ccccc12)C1CCN(Cc2nc3ccccc3n2Cc2ccc(Cl)cc2)CC1. The number of rotatable bonds is 6. The minimum Gasteiger partial charge on any atom is -0.325 e. The number of nitrogens with one attached hydrogen (secondary N) is 1. The fourth-order valence-corrected chi connectivity index (χ4v) is 5.44. The second kappa shape index (κ2) is 10.4. The highest BCUT2D eigenvalue weighted by Crippen LogP contribution is 2.27. The first-order chi connectivity index (χ1) is 18.1. The zero-order valence-corrected chi connectivity index (χ0v) is 21.4. The van der Waals surface area contributed by atoms with Crippen LogP contribution in [0.4, 0.5) is 5.69 Å². The fraction of sp³-hybridized carbons (Fsp3) is 0.226. The minimum atomic E-state index is 0.0168. The lowest BCUT2D eigenvalue weighted by Crippen LogP contribution is -2.38. The van der Waals surface area contributed by atoms with E-state index >= 15 is 0 Å². The Labute approximate surface area is 221 Å². The van der Waals surface area contributed by atoms with Crippen molar-refractivity contribution in [1.82, 2.24) is 14.5 Å². The average Bonchev–Trinajstić information content (AvgIpc) is 3.27. The summed E-state index contributed by atoms with van der Waals surface area (Å²) in [5.41, 5.74) is 4.23. The third kappa shape index (κ3) is 5.10. The van der Waals surface area contributed by atoms with E-state index in [2.05, 4.69) is 63.3 Å². The molecular weight excluding hydrogens is 480 g/mol. The fourth-order valence-electron chi connectivity index (χ4n) is 5.32. The minimum absolute atomic E-state index is 0.0168. The summed E-state index contributed by atoms with van der Waals surface area (Å²) in [6.07, 6.45) is 1.68. The van der Waals surface area contributed by atoms with E-state index in [4.69, 9.17) is 16.6 Å². The van der Waals surface area contributed by atoms with Crippen molar-refractivity contribution in [2.45, 2.75) is 25.9 Å². The van der Waals surface area contributed by atoms with E-state index in [0.29, 0.717) is 0 Å². The number of fused-ring (bicyclic) bond motifs is 2. The molecule has 6 rings (SSSR count). The van der Waals surface area contributed by atoms with Crippen LogP contribution in [0.1, 0.15) is 24.2 Å². The quantitative estimate of drug-likeness (QED) is 0.276. The number of aromatic nitrogens is 2. The van der Waals surface area contributed by atoms with Gasteiger partial charge in [-0.2, -0.15) is 0 Å². The highest BCUT2D eigenvalue weighted by Gasteiger charge is 2.26. The summed E-state index contributed by atoms with van der Waals surface area (Å²) in [4.78, 5) is 20.5. The summed E-state index contributed by atoms with van der Waals surface area (Å²) < 4.78 is 2.30. The van der Waals surface area contributed by atoms with Crippen molar-refractivity contribution < 1.29 is 4.79 Å². The van der Waals surface area contributed by atoms with Crippen LogP contribution in [0.3, 0.4) is 0 Å². The Morgan fingerprint density at radius 3 is 2.43 bits per heavy atom. The van der Waals surface area contributed by atoms with Gasteiger partial charge in [-0.1, -0.05) is 72.3 Å². The number of nitrogens with zero attached hydrogens (tertiary/aromatic N) is 3. The highest BCUT2D eigenvalue weighted by molar-refractivity contribution is 6.30. The van der Waals surface area contributed by atoms with E-state index in [1.54, 1.807) is 0 Å². The summed E-state index contributed by atoms with van der Waals surface area (Å²) >= 11 is 6.10. The molecule has 0 bridgehead atoms. The summed E-state index contributed by atoms with van der Waals surface area (Å²) in [6.45, 7) is 3.26. The smallest absolute Gasteiger partial charge is 0.227 e. The van der Waals surface area contributed by atoms with Crippen LogP contribution in [0.25, 0.3) is 21.8 Å². The van der Waals surface area contributed by atoms with E-state index in [0.717, 1.165) is 77.4 Å². The Balaban J connectivity index is 1.13. The van der Waals surface area contributed by atoms with Crippen LogP contribution in [0.2, 0.25) is 5.02 Å². The maximum Gasteiger partial charge on any atom is 0.227 e. The Hall–Kier alpha value is -3.67. The van der Waals surface area contributed by atoms with Crippen molar-refractivity contribution in [3.05, 3.63) is 107 Å². The molecule has 1 saturated heterocycles. The van der Waals surface area contributed by atoms with Gasteiger partial charge in [-0.25, -0.2) is 4.98 Å². The van der Waals surface area contributed by atoms with Gasteiger partial charge >= 0.3 is 0 Å². The normalized spacial score (nSPS) is 14.8. The second-order valence-corrected chi connectivity index (χ2v) is 10.2. The number of halogens is 1. The molecule has 0 aliphatic carbocycles. The number of hydrogen-bond acceptors (Lipinski definition) is 3. The largest absolute Gasteiger partial charge is 0.325 e. The van der Waals surface area contributed by atoms with Gasteiger partial charge in [-0.15, -0.1) is 0 Å². The predicted molar refractivity (Wildman–Crippen MR) is 151 cm³/mol. The molecule has 0 atom stereocenters. The molecule has 37 heavy (non-hydrogen) atoms. The molecule has 5 nitrogen and oxygen atoms in total. The van der Waals surface area contributed by atoms with Crippen LogP contribution < -0.4 is 5.32 Å². The molecule has 6 heteroatoms. The van der Waals surface area contributed by atoms with E-state index in [-0.39, 0.29) is 11.8 Å². The number of anilines is 1. The number of benzene rings is 4. The van der Waals surface area contributed by atoms with Gasteiger partial charge in [0.25, 0.3) is 0 Å². The van der Waals surface area contributed by atoms with Crippen molar-refractivity contribution in [2.24, 2.45) is 5.92 Å². The van der Waals surface area contributed by atoms with Gasteiger partial charge in [0.2, 0.25) is 5.91 Å². The molecule has 1 aromatic heterocycles. The summed E-state index contributed by atoms with van der Waals surface area (Å²) in [7, 11) is 0. The van der Waals surface area contributed by atoms with Crippen LogP contribution in [0.15, 0.2) is 91.0 Å². The van der Waals surface area contributed by atoms with E-state index in [1.807, 2.05) is 42.5 Å². The molecular formula is C31H29ClN4O. The predicted octanol–water partition coefficient (Wildman–Crippen LogP) is 6.74. The van der Waals surface area contributed by atoms with Crippen molar-refractivity contribution in [1.29, 1.82) is 0 Å². The number of carbonyl (C=O) groups is 1. The number of para-hydroxylation sites is 2. The van der Waals surface area contributed by atoms with Gasteiger partial charge in [0.1, 0.15) is 5.82 Å². The summed E-state index contributed by atoms with van der Waals surface area (Å²) in [5, 5.41) is 6.15. The Bertz CT molecular complexity index is 1550. The van der Waals surface area contributed by atoms with Crippen molar-refractivity contribution in [2.75, 3.05) is 18.4 Å². The molecule has 0 radical (unpaired) electrons. The number of piperidine rings is 1. The Morgan fingerprint density at radius 1 is 0.865 bits per heavy atom. The monoisotopic (exact) mass is 508 g/mol. The average molecular weight is 509 g/mol. The molecule has 1 aliphatic heterocycles. The molecule has 1 fully saturated rings. The van der Waals surface area contributed by atoms with Gasteiger partial charge in [0.05, 0.1) is 17.6 Å².